The van der Waals surface area contributed by atoms with Crippen LogP contribution in [0.15, 0.2) is 36.4 Å². The van der Waals surface area contributed by atoms with Crippen molar-refractivity contribution in [1.29, 1.82) is 0 Å². The van der Waals surface area contributed by atoms with E-state index in [2.05, 4.69) is 34.9 Å². The summed E-state index contributed by atoms with van der Waals surface area (Å²) in [7, 11) is 0. The number of urea groups is 1. The maximum absolute atomic E-state index is 10.8. The Labute approximate surface area is 89.2 Å². The topological polar surface area (TPSA) is 41.1 Å². The van der Waals surface area contributed by atoms with E-state index >= 15 is 0 Å². The number of rotatable bonds is 3. The predicted octanol–water partition coefficient (Wildman–Crippen LogP) is 1.77. The Morgan fingerprint density at radius 1 is 1.33 bits per heavy atom. The zero-order valence-electron chi connectivity index (χ0n) is 8.44. The highest BCUT2D eigenvalue weighted by atomic mass is 16.2. The van der Waals surface area contributed by atoms with Gasteiger partial charge in [0, 0.05) is 6.54 Å². The summed E-state index contributed by atoms with van der Waals surface area (Å²) >= 11 is 0. The van der Waals surface area contributed by atoms with Crippen LogP contribution in [0.2, 0.25) is 0 Å². The van der Waals surface area contributed by atoms with E-state index < -0.39 is 0 Å². The van der Waals surface area contributed by atoms with Crippen molar-refractivity contribution in [1.82, 2.24) is 10.6 Å². The van der Waals surface area contributed by atoms with Crippen LogP contribution < -0.4 is 10.6 Å². The van der Waals surface area contributed by atoms with Crippen molar-refractivity contribution in [3.63, 3.8) is 0 Å². The van der Waals surface area contributed by atoms with Crippen LogP contribution in [-0.4, -0.2) is 18.6 Å². The van der Waals surface area contributed by atoms with E-state index in [4.69, 9.17) is 0 Å². The zero-order chi connectivity index (χ0) is 10.5. The lowest BCUT2D eigenvalue weighted by atomic mass is 10.1. The molecule has 15 heavy (non-hydrogen) atoms. The third-order valence-corrected chi connectivity index (χ3v) is 2.37. The monoisotopic (exact) mass is 202 g/mol. The summed E-state index contributed by atoms with van der Waals surface area (Å²) in [5.41, 5.74) is 1.19. The molecule has 1 aliphatic rings. The van der Waals surface area contributed by atoms with Crippen LogP contribution in [-0.2, 0) is 0 Å². The molecule has 3 heteroatoms. The SMILES string of the molecule is O=C1NC[C@H](C/C=C/c2ccccc2)N1. The Bertz CT molecular complexity index is 359. The van der Waals surface area contributed by atoms with Crippen LogP contribution in [0.3, 0.4) is 0 Å². The number of hydrogen-bond acceptors (Lipinski definition) is 1. The van der Waals surface area contributed by atoms with E-state index in [9.17, 15) is 4.79 Å². The van der Waals surface area contributed by atoms with Gasteiger partial charge < -0.3 is 10.6 Å². The molecule has 1 saturated heterocycles. The molecule has 0 aliphatic carbocycles. The fourth-order valence-electron chi connectivity index (χ4n) is 1.58. The first-order valence-electron chi connectivity index (χ1n) is 5.10. The predicted molar refractivity (Wildman–Crippen MR) is 60.4 cm³/mol. The van der Waals surface area contributed by atoms with Gasteiger partial charge in [-0.05, 0) is 12.0 Å². The molecule has 0 unspecified atom stereocenters. The van der Waals surface area contributed by atoms with Crippen LogP contribution in [0.1, 0.15) is 12.0 Å². The van der Waals surface area contributed by atoms with Crippen LogP contribution in [0.5, 0.6) is 0 Å². The molecule has 3 nitrogen and oxygen atoms in total. The smallest absolute Gasteiger partial charge is 0.315 e. The summed E-state index contributed by atoms with van der Waals surface area (Å²) < 4.78 is 0. The minimum Gasteiger partial charge on any atom is -0.336 e. The van der Waals surface area contributed by atoms with Crippen LogP contribution >= 0.6 is 0 Å². The molecule has 1 aromatic carbocycles. The van der Waals surface area contributed by atoms with E-state index in [0.717, 1.165) is 13.0 Å². The van der Waals surface area contributed by atoms with Gasteiger partial charge in [-0.25, -0.2) is 4.79 Å². The zero-order valence-corrected chi connectivity index (χ0v) is 8.44. The van der Waals surface area contributed by atoms with Crippen LogP contribution in [0.25, 0.3) is 6.08 Å². The Kier molecular flexibility index (Phi) is 3.02. The molecule has 2 rings (SSSR count). The average molecular weight is 202 g/mol. The minimum absolute atomic E-state index is 0.0619. The number of benzene rings is 1. The van der Waals surface area contributed by atoms with E-state index in [1.807, 2.05) is 18.2 Å². The quantitative estimate of drug-likeness (QED) is 0.770. The third-order valence-electron chi connectivity index (χ3n) is 2.37. The summed E-state index contributed by atoms with van der Waals surface area (Å²) in [5.74, 6) is 0. The van der Waals surface area contributed by atoms with Gasteiger partial charge in [0.1, 0.15) is 0 Å². The van der Waals surface area contributed by atoms with Crippen molar-refractivity contribution in [3.8, 4) is 0 Å². The molecular formula is C12H14N2O. The van der Waals surface area contributed by atoms with Crippen molar-refractivity contribution < 1.29 is 4.79 Å². The summed E-state index contributed by atoms with van der Waals surface area (Å²) in [6, 6.07) is 10.3. The molecule has 1 fully saturated rings. The average Bonchev–Trinajstić information content (AvgIpc) is 2.66. The second-order valence-corrected chi connectivity index (χ2v) is 3.60. The van der Waals surface area contributed by atoms with Gasteiger partial charge >= 0.3 is 6.03 Å². The lowest BCUT2D eigenvalue weighted by Gasteiger charge is -2.02. The molecule has 2 amide bonds. The van der Waals surface area contributed by atoms with E-state index in [1.165, 1.54) is 5.56 Å². The molecular weight excluding hydrogens is 188 g/mol. The molecule has 0 aromatic heterocycles. The number of hydrogen-bond donors (Lipinski definition) is 2. The van der Waals surface area contributed by atoms with Gasteiger partial charge in [0.05, 0.1) is 6.04 Å². The molecule has 1 heterocycles. The maximum Gasteiger partial charge on any atom is 0.315 e. The van der Waals surface area contributed by atoms with E-state index in [0.29, 0.717) is 0 Å². The summed E-state index contributed by atoms with van der Waals surface area (Å²) in [5, 5.41) is 5.57. The number of carbonyl (C=O) groups excluding carboxylic acids is 1. The van der Waals surface area contributed by atoms with Crippen LogP contribution in [0, 0.1) is 0 Å². The third kappa shape index (κ3) is 2.84. The van der Waals surface area contributed by atoms with Gasteiger partial charge in [0.2, 0.25) is 0 Å². The van der Waals surface area contributed by atoms with E-state index in [1.54, 1.807) is 0 Å². The van der Waals surface area contributed by atoms with Crippen molar-refractivity contribution in [2.24, 2.45) is 0 Å². The highest BCUT2D eigenvalue weighted by Gasteiger charge is 2.17. The molecule has 0 radical (unpaired) electrons. The molecule has 1 atom stereocenters. The fourth-order valence-corrected chi connectivity index (χ4v) is 1.58. The maximum atomic E-state index is 10.8. The molecule has 1 aromatic rings. The lowest BCUT2D eigenvalue weighted by molar-refractivity contribution is 0.247. The second-order valence-electron chi connectivity index (χ2n) is 3.60. The molecule has 0 saturated carbocycles. The fraction of sp³-hybridized carbons (Fsp3) is 0.250. The Balaban J connectivity index is 1.83. The van der Waals surface area contributed by atoms with Crippen molar-refractivity contribution in [2.45, 2.75) is 12.5 Å². The highest BCUT2D eigenvalue weighted by Crippen LogP contribution is 2.04. The molecule has 1 aliphatic heterocycles. The van der Waals surface area contributed by atoms with Crippen molar-refractivity contribution in [2.75, 3.05) is 6.54 Å². The lowest BCUT2D eigenvalue weighted by Crippen LogP contribution is -2.25. The van der Waals surface area contributed by atoms with E-state index in [-0.39, 0.29) is 12.1 Å². The van der Waals surface area contributed by atoms with Crippen molar-refractivity contribution >= 4 is 12.1 Å². The Hall–Kier alpha value is -1.77. The molecule has 0 bridgehead atoms. The minimum atomic E-state index is -0.0619. The summed E-state index contributed by atoms with van der Waals surface area (Å²) in [6.07, 6.45) is 5.03. The second kappa shape index (κ2) is 4.64. The molecule has 78 valence electrons. The van der Waals surface area contributed by atoms with Gasteiger partial charge in [-0.2, -0.15) is 0 Å². The summed E-state index contributed by atoms with van der Waals surface area (Å²) in [4.78, 5) is 10.8. The summed E-state index contributed by atoms with van der Waals surface area (Å²) in [6.45, 7) is 0.720. The van der Waals surface area contributed by atoms with Gasteiger partial charge in [-0.15, -0.1) is 0 Å². The molecule has 0 spiro atoms. The van der Waals surface area contributed by atoms with Gasteiger partial charge in [0.15, 0.2) is 0 Å². The Morgan fingerprint density at radius 3 is 2.80 bits per heavy atom. The first-order valence-corrected chi connectivity index (χ1v) is 5.10. The first kappa shape index (κ1) is 9.77. The number of carbonyl (C=O) groups is 1. The number of nitrogens with one attached hydrogen (secondary N) is 2. The van der Waals surface area contributed by atoms with Gasteiger partial charge in [-0.1, -0.05) is 42.5 Å². The van der Waals surface area contributed by atoms with Crippen molar-refractivity contribution in [3.05, 3.63) is 42.0 Å². The van der Waals surface area contributed by atoms with Gasteiger partial charge in [-0.3, -0.25) is 0 Å². The number of amides is 2. The normalized spacial score (nSPS) is 20.3. The standard InChI is InChI=1S/C12H14N2O/c15-12-13-9-11(14-12)8-4-7-10-5-2-1-3-6-10/h1-7,11H,8-9H2,(H2,13,14,15)/b7-4+/t11-/m0/s1. The van der Waals surface area contributed by atoms with Crippen LogP contribution in [0.4, 0.5) is 4.79 Å². The molecule has 2 N–H and O–H groups in total. The first-order chi connectivity index (χ1) is 7.34. The van der Waals surface area contributed by atoms with Gasteiger partial charge in [0.25, 0.3) is 0 Å². The Morgan fingerprint density at radius 2 is 2.13 bits per heavy atom. The highest BCUT2D eigenvalue weighted by molar-refractivity contribution is 5.76. The largest absolute Gasteiger partial charge is 0.336 e.